The molecule has 0 aliphatic heterocycles. The van der Waals surface area contributed by atoms with Crippen molar-refractivity contribution in [1.29, 1.82) is 0 Å². The fourth-order valence-electron chi connectivity index (χ4n) is 4.07. The highest BCUT2D eigenvalue weighted by Gasteiger charge is 2.10. The van der Waals surface area contributed by atoms with Crippen LogP contribution in [-0.2, 0) is 21.1 Å². The minimum absolute atomic E-state index is 0. The first-order valence-corrected chi connectivity index (χ1v) is 12.5. The maximum Gasteiger partial charge on any atom is 0.421 e. The van der Waals surface area contributed by atoms with E-state index in [2.05, 4.69) is 49.3 Å². The number of hydrogen-bond donors (Lipinski definition) is 2. The number of pyridine rings is 1. The highest BCUT2D eigenvalue weighted by molar-refractivity contribution is 6.00. The maximum atomic E-state index is 4.51. The lowest BCUT2D eigenvalue weighted by Crippen LogP contribution is -3.00. The molecule has 0 atom stereocenters. The SMILES string of the molecule is Cn1cc[n+](C)c1N=Nc1ccc(NCCNc2ccc(N=Nc3cc[n+](C)cc3)c3ccccc23)cc1.[Cl-].[Cl-]. The summed E-state index contributed by atoms with van der Waals surface area (Å²) in [6.07, 6.45) is 7.81. The average molecular weight is 577 g/mol. The molecule has 0 aliphatic carbocycles. The van der Waals surface area contributed by atoms with E-state index in [1.54, 1.807) is 0 Å². The fourth-order valence-corrected chi connectivity index (χ4v) is 4.07. The van der Waals surface area contributed by atoms with E-state index in [9.17, 15) is 0 Å². The normalized spacial score (nSPS) is 11.0. The molecular formula is C29H31Cl2N9. The van der Waals surface area contributed by atoms with Crippen LogP contribution in [-0.4, -0.2) is 17.7 Å². The van der Waals surface area contributed by atoms with Crippen LogP contribution in [0.2, 0.25) is 0 Å². The monoisotopic (exact) mass is 575 g/mol. The van der Waals surface area contributed by atoms with Crippen LogP contribution in [0.4, 0.5) is 34.4 Å². The zero-order valence-corrected chi connectivity index (χ0v) is 24.1. The van der Waals surface area contributed by atoms with E-state index < -0.39 is 0 Å². The Bertz CT molecular complexity index is 1580. The lowest BCUT2D eigenvalue weighted by Gasteiger charge is -2.12. The van der Waals surface area contributed by atoms with Gasteiger partial charge in [0.15, 0.2) is 12.4 Å². The summed E-state index contributed by atoms with van der Waals surface area (Å²) in [7, 11) is 5.87. The van der Waals surface area contributed by atoms with Crippen LogP contribution in [0.15, 0.2) is 118 Å². The van der Waals surface area contributed by atoms with Gasteiger partial charge in [0.05, 0.1) is 37.9 Å². The number of halogens is 2. The molecular weight excluding hydrogens is 545 g/mol. The molecule has 0 amide bonds. The van der Waals surface area contributed by atoms with Gasteiger partial charge in [-0.1, -0.05) is 29.4 Å². The molecule has 3 aromatic carbocycles. The molecule has 0 bridgehead atoms. The molecule has 0 saturated carbocycles. The molecule has 0 saturated heterocycles. The third kappa shape index (κ3) is 7.40. The maximum absolute atomic E-state index is 4.51. The third-order valence-electron chi connectivity index (χ3n) is 6.17. The number of aromatic nitrogens is 3. The summed E-state index contributed by atoms with van der Waals surface area (Å²) < 4.78 is 5.83. The molecule has 0 unspecified atom stereocenters. The van der Waals surface area contributed by atoms with E-state index in [4.69, 9.17) is 0 Å². The standard InChI is InChI=1S/C29H29N9.2ClH/c1-36-18-14-24(15-19-36)32-34-28-13-12-27(25-6-4-5-7-26(25)28)31-17-16-30-22-8-10-23(11-9-22)33-35-29-37(2)20-21-38(29)3;;/h4-15,18-21H,16-17H2,1-3H3;2*1H. The van der Waals surface area contributed by atoms with Gasteiger partial charge < -0.3 is 35.4 Å². The second-order valence-electron chi connectivity index (χ2n) is 9.02. The molecule has 206 valence electrons. The predicted octanol–water partition coefficient (Wildman–Crippen LogP) is 0.190. The van der Waals surface area contributed by atoms with Gasteiger partial charge >= 0.3 is 5.95 Å². The first-order chi connectivity index (χ1) is 18.6. The van der Waals surface area contributed by atoms with Gasteiger partial charge in [0.25, 0.3) is 0 Å². The van der Waals surface area contributed by atoms with Crippen molar-refractivity contribution >= 4 is 45.2 Å². The number of rotatable bonds is 9. The molecule has 40 heavy (non-hydrogen) atoms. The van der Waals surface area contributed by atoms with Gasteiger partial charge in [0.2, 0.25) is 0 Å². The largest absolute Gasteiger partial charge is 1.00 e. The van der Waals surface area contributed by atoms with E-state index in [0.717, 1.165) is 58.2 Å². The Hall–Kier alpha value is -4.34. The first-order valence-electron chi connectivity index (χ1n) is 12.5. The van der Waals surface area contributed by atoms with Crippen LogP contribution in [0.5, 0.6) is 0 Å². The van der Waals surface area contributed by atoms with Crippen LogP contribution >= 0.6 is 0 Å². The summed E-state index contributed by atoms with van der Waals surface area (Å²) in [6, 6.07) is 24.2. The lowest BCUT2D eigenvalue weighted by atomic mass is 10.1. The molecule has 2 heterocycles. The minimum Gasteiger partial charge on any atom is -1.00 e. The van der Waals surface area contributed by atoms with Crippen molar-refractivity contribution in [3.05, 3.63) is 97.6 Å². The number of nitrogens with one attached hydrogen (secondary N) is 2. The number of anilines is 2. The number of hydrogen-bond acceptors (Lipinski definition) is 6. The minimum atomic E-state index is 0. The molecule has 11 heteroatoms. The highest BCUT2D eigenvalue weighted by Crippen LogP contribution is 2.32. The molecule has 0 aliphatic rings. The van der Waals surface area contributed by atoms with E-state index in [1.807, 2.05) is 114 Å². The summed E-state index contributed by atoms with van der Waals surface area (Å²) in [5.41, 5.74) is 4.57. The van der Waals surface area contributed by atoms with Gasteiger partial charge in [-0.15, -0.1) is 5.11 Å². The third-order valence-corrected chi connectivity index (χ3v) is 6.17. The van der Waals surface area contributed by atoms with Gasteiger partial charge in [0, 0.05) is 52.5 Å². The molecule has 5 rings (SSSR count). The molecule has 5 aromatic rings. The number of aryl methyl sites for hydroxylation is 3. The van der Waals surface area contributed by atoms with Crippen molar-refractivity contribution in [2.75, 3.05) is 23.7 Å². The summed E-state index contributed by atoms with van der Waals surface area (Å²) in [5, 5.41) is 26.8. The molecule has 2 aromatic heterocycles. The molecule has 0 radical (unpaired) electrons. The number of fused-ring (bicyclic) bond motifs is 1. The number of imidazole rings is 1. The lowest BCUT2D eigenvalue weighted by molar-refractivity contribution is -0.671. The van der Waals surface area contributed by atoms with Gasteiger partial charge in [-0.05, 0) is 36.4 Å². The van der Waals surface area contributed by atoms with Gasteiger partial charge in [0.1, 0.15) is 12.7 Å². The summed E-state index contributed by atoms with van der Waals surface area (Å²) in [6.45, 7) is 1.53. The van der Waals surface area contributed by atoms with Crippen LogP contribution in [0.1, 0.15) is 0 Å². The van der Waals surface area contributed by atoms with Crippen molar-refractivity contribution in [3.8, 4) is 0 Å². The summed E-state index contributed by atoms with van der Waals surface area (Å²) in [5.74, 6) is 0.785. The first kappa shape index (κ1) is 30.2. The Morgan fingerprint density at radius 3 is 2.02 bits per heavy atom. The van der Waals surface area contributed by atoms with Crippen molar-refractivity contribution < 1.29 is 33.9 Å². The van der Waals surface area contributed by atoms with Gasteiger partial charge in [-0.2, -0.15) is 5.11 Å². The summed E-state index contributed by atoms with van der Waals surface area (Å²) >= 11 is 0. The second-order valence-corrected chi connectivity index (χ2v) is 9.02. The second kappa shape index (κ2) is 14.2. The predicted molar refractivity (Wildman–Crippen MR) is 150 cm³/mol. The van der Waals surface area contributed by atoms with Gasteiger partial charge in [-0.3, -0.25) is 0 Å². The van der Waals surface area contributed by atoms with E-state index in [0.29, 0.717) is 0 Å². The fraction of sp³-hybridized carbons (Fsp3) is 0.172. The van der Waals surface area contributed by atoms with Crippen molar-refractivity contribution in [2.45, 2.75) is 0 Å². The Morgan fingerprint density at radius 2 is 1.32 bits per heavy atom. The Morgan fingerprint density at radius 1 is 0.675 bits per heavy atom. The Kier molecular flexibility index (Phi) is 10.7. The smallest absolute Gasteiger partial charge is 0.421 e. The van der Waals surface area contributed by atoms with Crippen LogP contribution in [0, 0.1) is 0 Å². The highest BCUT2D eigenvalue weighted by atomic mass is 35.5. The molecule has 0 spiro atoms. The van der Waals surface area contributed by atoms with E-state index >= 15 is 0 Å². The summed E-state index contributed by atoms with van der Waals surface area (Å²) in [4.78, 5) is 0. The zero-order valence-electron chi connectivity index (χ0n) is 22.5. The van der Waals surface area contributed by atoms with Gasteiger partial charge in [-0.25, -0.2) is 13.7 Å². The van der Waals surface area contributed by atoms with Crippen molar-refractivity contribution in [2.24, 2.45) is 41.6 Å². The molecule has 9 nitrogen and oxygen atoms in total. The van der Waals surface area contributed by atoms with Crippen molar-refractivity contribution in [1.82, 2.24) is 4.57 Å². The number of azo groups is 2. The van der Waals surface area contributed by atoms with Crippen LogP contribution in [0.3, 0.4) is 0 Å². The van der Waals surface area contributed by atoms with Crippen LogP contribution in [0.25, 0.3) is 10.8 Å². The molecule has 2 N–H and O–H groups in total. The quantitative estimate of drug-likeness (QED) is 0.149. The Labute approximate surface area is 246 Å². The average Bonchev–Trinajstić information content (AvgIpc) is 3.27. The molecule has 0 fully saturated rings. The Balaban J connectivity index is 0.00000220. The zero-order chi connectivity index (χ0) is 26.3. The van der Waals surface area contributed by atoms with Crippen LogP contribution < -0.4 is 44.6 Å². The van der Waals surface area contributed by atoms with Crippen molar-refractivity contribution in [3.63, 3.8) is 0 Å². The van der Waals surface area contributed by atoms with E-state index in [-0.39, 0.29) is 24.8 Å². The number of nitrogens with zero attached hydrogens (tertiary/aromatic N) is 7. The van der Waals surface area contributed by atoms with E-state index in [1.165, 1.54) is 0 Å². The topological polar surface area (TPSA) is 86.2 Å². The number of benzene rings is 3.